The van der Waals surface area contributed by atoms with E-state index in [4.69, 9.17) is 33.3 Å². The molecule has 0 radical (unpaired) electrons. The first-order chi connectivity index (χ1) is 19.1. The third kappa shape index (κ3) is 5.61. The van der Waals surface area contributed by atoms with Gasteiger partial charge in [-0.3, -0.25) is 0 Å². The first-order valence-corrected chi connectivity index (χ1v) is 12.6. The number of nitrogens with one attached hydrogen (secondary N) is 1. The van der Waals surface area contributed by atoms with Gasteiger partial charge >= 0.3 is 5.97 Å². The first kappa shape index (κ1) is 25.6. The normalized spacial score (nSPS) is 10.5. The lowest BCUT2D eigenvalue weighted by Gasteiger charge is -2.24. The zero-order valence-electron chi connectivity index (χ0n) is 21.2. The minimum absolute atomic E-state index is 0.245. The van der Waals surface area contributed by atoms with E-state index in [9.17, 15) is 4.79 Å². The molecular weight excluding hydrogens is 504 g/mol. The summed E-state index contributed by atoms with van der Waals surface area (Å²) in [5.74, 6) is 2.23. The second kappa shape index (κ2) is 11.5. The van der Waals surface area contributed by atoms with E-state index in [0.717, 1.165) is 44.9 Å². The molecule has 0 atom stereocenters. The Morgan fingerprint density at radius 3 is 2.03 bits per heavy atom. The molecule has 0 amide bonds. The van der Waals surface area contributed by atoms with Gasteiger partial charge in [0, 0.05) is 22.5 Å². The first-order valence-electron chi connectivity index (χ1n) is 12.2. The van der Waals surface area contributed by atoms with E-state index in [2.05, 4.69) is 11.2 Å². The van der Waals surface area contributed by atoms with Crippen LogP contribution in [0.3, 0.4) is 0 Å². The van der Waals surface area contributed by atoms with Crippen LogP contribution in [-0.4, -0.2) is 34.7 Å². The number of methoxy groups -OCH3 is 1. The van der Waals surface area contributed by atoms with E-state index in [1.165, 1.54) is 7.11 Å². The fraction of sp³-hybridized carbons (Fsp3) is 0.0625. The molecule has 0 saturated heterocycles. The number of aromatic nitrogens is 2. The number of carbonyl (C=O) groups excluding carboxylic acids is 1. The number of carbonyl (C=O) groups is 1. The van der Waals surface area contributed by atoms with Crippen LogP contribution in [0.1, 0.15) is 10.4 Å². The van der Waals surface area contributed by atoms with Crippen molar-refractivity contribution in [3.8, 4) is 34.9 Å². The van der Waals surface area contributed by atoms with Gasteiger partial charge in [-0.2, -0.15) is 0 Å². The molecule has 1 N–H and O–H groups in total. The minimum atomic E-state index is -0.409. The van der Waals surface area contributed by atoms with E-state index < -0.39 is 5.97 Å². The Hall–Kier alpha value is -5.06. The van der Waals surface area contributed by atoms with E-state index in [-0.39, 0.29) is 6.54 Å². The number of terminal acetylenes is 1. The number of ether oxygens (including phenoxy) is 1. The number of thiocarbonyl (C=S) groups is 1. The topological polar surface area (TPSA) is 67.3 Å². The van der Waals surface area contributed by atoms with E-state index in [1.807, 2.05) is 78.9 Å². The van der Waals surface area contributed by atoms with Crippen molar-refractivity contribution in [2.75, 3.05) is 23.9 Å². The van der Waals surface area contributed by atoms with E-state index in [0.29, 0.717) is 10.7 Å². The summed E-state index contributed by atoms with van der Waals surface area (Å²) in [6.07, 6.45) is 5.63. The molecule has 7 heteroatoms. The van der Waals surface area contributed by atoms with Gasteiger partial charge in [-0.1, -0.05) is 66.6 Å². The van der Waals surface area contributed by atoms with Gasteiger partial charge in [0.05, 0.1) is 41.6 Å². The predicted octanol–water partition coefficient (Wildman–Crippen LogP) is 6.59. The van der Waals surface area contributed by atoms with Crippen LogP contribution in [0, 0.1) is 12.3 Å². The molecular formula is C32H24N4O2S. The van der Waals surface area contributed by atoms with Crippen molar-refractivity contribution in [1.82, 2.24) is 9.97 Å². The number of benzene rings is 4. The van der Waals surface area contributed by atoms with Crippen LogP contribution in [0.4, 0.5) is 11.4 Å². The predicted molar refractivity (Wildman–Crippen MR) is 161 cm³/mol. The Bertz CT molecular complexity index is 1680. The number of hydrogen-bond acceptors (Lipinski definition) is 5. The average molecular weight is 529 g/mol. The van der Waals surface area contributed by atoms with E-state index >= 15 is 0 Å². The van der Waals surface area contributed by atoms with Crippen LogP contribution in [0.5, 0.6) is 0 Å². The van der Waals surface area contributed by atoms with Crippen LogP contribution < -0.4 is 10.2 Å². The minimum Gasteiger partial charge on any atom is -0.465 e. The number of hydrogen-bond donors (Lipinski definition) is 1. The maximum Gasteiger partial charge on any atom is 0.337 e. The zero-order chi connectivity index (χ0) is 27.2. The summed E-state index contributed by atoms with van der Waals surface area (Å²) < 4.78 is 4.78. The quantitative estimate of drug-likeness (QED) is 0.152. The van der Waals surface area contributed by atoms with Crippen molar-refractivity contribution >= 4 is 45.7 Å². The molecule has 39 heavy (non-hydrogen) atoms. The number of anilines is 2. The molecule has 0 bridgehead atoms. The van der Waals surface area contributed by atoms with Crippen LogP contribution in [0.25, 0.3) is 33.5 Å². The molecule has 190 valence electrons. The van der Waals surface area contributed by atoms with Crippen molar-refractivity contribution in [2.24, 2.45) is 0 Å². The standard InChI is InChI=1S/C32H24N4O2S/c1-3-20-36(26-17-14-24(15-18-26)31(37)38-2)32(39)33-25-16-19-27-28(21-25)35-30(23-12-8-5-9-13-23)29(34-27)22-10-6-4-7-11-22/h1,4-19,21H,20H2,2H3,(H,33,39). The van der Waals surface area contributed by atoms with Crippen molar-refractivity contribution < 1.29 is 9.53 Å². The van der Waals surface area contributed by atoms with Crippen molar-refractivity contribution in [3.05, 3.63) is 109 Å². The summed E-state index contributed by atoms with van der Waals surface area (Å²) >= 11 is 5.71. The van der Waals surface area contributed by atoms with Gasteiger partial charge < -0.3 is 15.0 Å². The van der Waals surface area contributed by atoms with Crippen LogP contribution in [-0.2, 0) is 4.74 Å². The number of nitrogens with zero attached hydrogens (tertiary/aromatic N) is 3. The van der Waals surface area contributed by atoms with Gasteiger partial charge in [-0.05, 0) is 54.7 Å². The van der Waals surface area contributed by atoms with Crippen molar-refractivity contribution in [1.29, 1.82) is 0 Å². The summed E-state index contributed by atoms with van der Waals surface area (Å²) in [5.41, 5.74) is 7.04. The molecule has 0 spiro atoms. The molecule has 0 unspecified atom stereocenters. The number of esters is 1. The maximum absolute atomic E-state index is 11.8. The Morgan fingerprint density at radius 1 is 0.872 bits per heavy atom. The summed E-state index contributed by atoms with van der Waals surface area (Å²) in [6.45, 7) is 0.245. The zero-order valence-corrected chi connectivity index (χ0v) is 22.0. The Kier molecular flexibility index (Phi) is 7.58. The lowest BCUT2D eigenvalue weighted by molar-refractivity contribution is 0.0600. The molecule has 0 aliphatic carbocycles. The highest BCUT2D eigenvalue weighted by Crippen LogP contribution is 2.31. The molecule has 5 aromatic rings. The summed E-state index contributed by atoms with van der Waals surface area (Å²) in [5, 5.41) is 3.69. The fourth-order valence-electron chi connectivity index (χ4n) is 4.18. The highest BCUT2D eigenvalue weighted by atomic mass is 32.1. The van der Waals surface area contributed by atoms with Gasteiger partial charge in [0.25, 0.3) is 0 Å². The van der Waals surface area contributed by atoms with Gasteiger partial charge in [-0.15, -0.1) is 6.42 Å². The van der Waals surface area contributed by atoms with Crippen LogP contribution in [0.15, 0.2) is 103 Å². The molecule has 5 rings (SSSR count). The lowest BCUT2D eigenvalue weighted by Crippen LogP contribution is -2.35. The number of fused-ring (bicyclic) bond motifs is 1. The fourth-order valence-corrected chi connectivity index (χ4v) is 4.47. The van der Waals surface area contributed by atoms with Gasteiger partial charge in [-0.25, -0.2) is 14.8 Å². The highest BCUT2D eigenvalue weighted by molar-refractivity contribution is 7.80. The van der Waals surface area contributed by atoms with Gasteiger partial charge in [0.1, 0.15) is 0 Å². The second-order valence-electron chi connectivity index (χ2n) is 8.62. The SMILES string of the molecule is C#CCN(C(=S)Nc1ccc2nc(-c3ccccc3)c(-c3ccccc3)nc2c1)c1ccc(C(=O)OC)cc1. The van der Waals surface area contributed by atoms with Crippen LogP contribution >= 0.6 is 12.2 Å². The molecule has 0 aliphatic rings. The maximum atomic E-state index is 11.8. The summed E-state index contributed by atoms with van der Waals surface area (Å²) in [7, 11) is 1.35. The Balaban J connectivity index is 1.48. The molecule has 0 fully saturated rings. The number of rotatable bonds is 6. The molecule has 0 saturated carbocycles. The second-order valence-corrected chi connectivity index (χ2v) is 9.00. The largest absolute Gasteiger partial charge is 0.465 e. The van der Waals surface area contributed by atoms with Crippen molar-refractivity contribution in [2.45, 2.75) is 0 Å². The smallest absolute Gasteiger partial charge is 0.337 e. The third-order valence-electron chi connectivity index (χ3n) is 6.10. The molecule has 6 nitrogen and oxygen atoms in total. The van der Waals surface area contributed by atoms with Crippen LogP contribution in [0.2, 0.25) is 0 Å². The summed E-state index contributed by atoms with van der Waals surface area (Å²) in [6, 6.07) is 32.7. The molecule has 4 aromatic carbocycles. The molecule has 1 heterocycles. The van der Waals surface area contributed by atoms with Gasteiger partial charge in [0.2, 0.25) is 0 Å². The Morgan fingerprint density at radius 2 is 1.46 bits per heavy atom. The molecule has 0 aliphatic heterocycles. The average Bonchev–Trinajstić information content (AvgIpc) is 2.99. The highest BCUT2D eigenvalue weighted by Gasteiger charge is 2.16. The monoisotopic (exact) mass is 528 g/mol. The van der Waals surface area contributed by atoms with E-state index in [1.54, 1.807) is 29.2 Å². The Labute approximate surface area is 232 Å². The third-order valence-corrected chi connectivity index (χ3v) is 6.43. The lowest BCUT2D eigenvalue weighted by atomic mass is 10.0. The molecule has 1 aromatic heterocycles. The summed E-state index contributed by atoms with van der Waals surface area (Å²) in [4.78, 5) is 23.6. The van der Waals surface area contributed by atoms with Crippen molar-refractivity contribution in [3.63, 3.8) is 0 Å². The van der Waals surface area contributed by atoms with Gasteiger partial charge in [0.15, 0.2) is 5.11 Å².